The quantitative estimate of drug-likeness (QED) is 0.394. The first kappa shape index (κ1) is 23.1. The first-order chi connectivity index (χ1) is 17.6. The molecular weight excluding hydrogens is 456 g/mol. The Morgan fingerprint density at radius 3 is 2.58 bits per heavy atom. The lowest BCUT2D eigenvalue weighted by Crippen LogP contribution is -2.32. The van der Waals surface area contributed by atoms with Gasteiger partial charge in [0.15, 0.2) is 5.82 Å². The molecule has 9 nitrogen and oxygen atoms in total. The Morgan fingerprint density at radius 1 is 1.08 bits per heavy atom. The van der Waals surface area contributed by atoms with Crippen LogP contribution in [0.3, 0.4) is 0 Å². The number of anilines is 2. The topological polar surface area (TPSA) is 103 Å². The van der Waals surface area contributed by atoms with Gasteiger partial charge in [-0.1, -0.05) is 18.2 Å². The Morgan fingerprint density at radius 2 is 1.86 bits per heavy atom. The zero-order chi connectivity index (χ0) is 25.1. The Balaban J connectivity index is 1.55. The summed E-state index contributed by atoms with van der Waals surface area (Å²) in [4.78, 5) is 22.9. The summed E-state index contributed by atoms with van der Waals surface area (Å²) in [5.41, 5.74) is 3.23. The molecule has 5 rings (SSSR count). The Hall–Kier alpha value is -4.66. The van der Waals surface area contributed by atoms with E-state index in [2.05, 4.69) is 15.6 Å². The number of aromatic nitrogens is 4. The molecule has 1 unspecified atom stereocenters. The number of ether oxygens (including phenoxy) is 2. The van der Waals surface area contributed by atoms with E-state index in [1.54, 1.807) is 30.1 Å². The smallest absolute Gasteiger partial charge is 0.256 e. The van der Waals surface area contributed by atoms with Crippen molar-refractivity contribution in [1.29, 1.82) is 0 Å². The number of hydrogen-bond donors (Lipinski definition) is 2. The summed E-state index contributed by atoms with van der Waals surface area (Å²) < 4.78 is 12.7. The van der Waals surface area contributed by atoms with Crippen molar-refractivity contribution in [2.45, 2.75) is 19.9 Å². The van der Waals surface area contributed by atoms with Crippen molar-refractivity contribution in [1.82, 2.24) is 19.7 Å². The van der Waals surface area contributed by atoms with Crippen molar-refractivity contribution in [2.75, 3.05) is 24.4 Å². The summed E-state index contributed by atoms with van der Waals surface area (Å²) in [5, 5.41) is 11.0. The average molecular weight is 483 g/mol. The van der Waals surface area contributed by atoms with Crippen molar-refractivity contribution in [2.24, 2.45) is 0 Å². The zero-order valence-corrected chi connectivity index (χ0v) is 20.2. The molecule has 0 aliphatic carbocycles. The predicted molar refractivity (Wildman–Crippen MR) is 137 cm³/mol. The number of nitrogens with one attached hydrogen (secondary N) is 2. The number of para-hydroxylation sites is 2. The summed E-state index contributed by atoms with van der Waals surface area (Å²) in [6.45, 7) is 4.39. The first-order valence-electron chi connectivity index (χ1n) is 11.6. The van der Waals surface area contributed by atoms with Crippen LogP contribution in [-0.4, -0.2) is 39.4 Å². The molecule has 0 bridgehead atoms. The number of amides is 1. The number of rotatable bonds is 7. The average Bonchev–Trinajstić information content (AvgIpc) is 3.32. The maximum absolute atomic E-state index is 13.6. The van der Waals surface area contributed by atoms with Crippen LogP contribution < -0.4 is 20.1 Å². The number of benzene rings is 2. The van der Waals surface area contributed by atoms with Crippen molar-refractivity contribution < 1.29 is 14.3 Å². The number of hydrogen-bond acceptors (Lipinski definition) is 7. The van der Waals surface area contributed by atoms with E-state index in [1.807, 2.05) is 68.4 Å². The molecule has 0 fully saturated rings. The SMILES string of the molecule is CCOc1ccc(-c2nc3n(n2)C(c2ccccn2)C(C(=O)Nc2ccccc2OC)=C(C)N3)cc1. The third-order valence-electron chi connectivity index (χ3n) is 5.84. The van der Waals surface area contributed by atoms with Gasteiger partial charge >= 0.3 is 0 Å². The van der Waals surface area contributed by atoms with Gasteiger partial charge < -0.3 is 20.1 Å². The number of carbonyl (C=O) groups excluding carboxylic acids is 1. The number of carbonyl (C=O) groups is 1. The molecule has 3 heterocycles. The van der Waals surface area contributed by atoms with Gasteiger partial charge in [0.1, 0.15) is 17.5 Å². The molecule has 0 saturated carbocycles. The van der Waals surface area contributed by atoms with Crippen LogP contribution in [0.25, 0.3) is 11.4 Å². The van der Waals surface area contributed by atoms with Gasteiger partial charge in [0.25, 0.3) is 5.91 Å². The maximum atomic E-state index is 13.6. The summed E-state index contributed by atoms with van der Waals surface area (Å²) in [6, 6.07) is 19.9. The van der Waals surface area contributed by atoms with Gasteiger partial charge in [-0.15, -0.1) is 5.10 Å². The Kier molecular flexibility index (Phi) is 6.36. The minimum absolute atomic E-state index is 0.288. The molecule has 0 spiro atoms. The third kappa shape index (κ3) is 4.38. The largest absolute Gasteiger partial charge is 0.495 e. The van der Waals surface area contributed by atoms with Crippen LogP contribution in [-0.2, 0) is 4.79 Å². The van der Waals surface area contributed by atoms with Crippen LogP contribution in [0.2, 0.25) is 0 Å². The van der Waals surface area contributed by atoms with Crippen LogP contribution >= 0.6 is 0 Å². The van der Waals surface area contributed by atoms with Gasteiger partial charge in [-0.3, -0.25) is 9.78 Å². The highest BCUT2D eigenvalue weighted by Gasteiger charge is 2.35. The number of nitrogens with zero attached hydrogens (tertiary/aromatic N) is 4. The van der Waals surface area contributed by atoms with Gasteiger partial charge in [0, 0.05) is 17.5 Å². The summed E-state index contributed by atoms with van der Waals surface area (Å²) in [6.07, 6.45) is 1.70. The van der Waals surface area contributed by atoms with Gasteiger partial charge in [0.2, 0.25) is 5.95 Å². The molecular formula is C27H26N6O3. The molecule has 2 aromatic heterocycles. The normalized spacial score (nSPS) is 14.6. The van der Waals surface area contributed by atoms with E-state index in [-0.39, 0.29) is 5.91 Å². The molecule has 1 amide bonds. The predicted octanol–water partition coefficient (Wildman–Crippen LogP) is 4.68. The van der Waals surface area contributed by atoms with E-state index in [0.29, 0.717) is 46.8 Å². The number of methoxy groups -OCH3 is 1. The first-order valence-corrected chi connectivity index (χ1v) is 11.6. The highest BCUT2D eigenvalue weighted by atomic mass is 16.5. The monoisotopic (exact) mass is 482 g/mol. The van der Waals surface area contributed by atoms with Crippen LogP contribution in [0.4, 0.5) is 11.6 Å². The van der Waals surface area contributed by atoms with E-state index in [9.17, 15) is 4.79 Å². The fourth-order valence-corrected chi connectivity index (χ4v) is 4.18. The summed E-state index contributed by atoms with van der Waals surface area (Å²) in [5.74, 6) is 2.12. The fraction of sp³-hybridized carbons (Fsp3) is 0.185. The van der Waals surface area contributed by atoms with Crippen molar-refractivity contribution in [3.05, 3.63) is 89.9 Å². The lowest BCUT2D eigenvalue weighted by molar-refractivity contribution is -0.113. The van der Waals surface area contributed by atoms with Crippen molar-refractivity contribution in [3.63, 3.8) is 0 Å². The second-order valence-corrected chi connectivity index (χ2v) is 8.14. The van der Waals surface area contributed by atoms with Crippen LogP contribution in [0.5, 0.6) is 11.5 Å². The molecule has 182 valence electrons. The Bertz CT molecular complexity index is 1410. The van der Waals surface area contributed by atoms with E-state index in [4.69, 9.17) is 19.6 Å². The molecule has 0 saturated heterocycles. The van der Waals surface area contributed by atoms with Gasteiger partial charge in [0.05, 0.1) is 30.7 Å². The molecule has 1 aliphatic heterocycles. The van der Waals surface area contributed by atoms with Gasteiger partial charge in [-0.2, -0.15) is 4.98 Å². The van der Waals surface area contributed by atoms with Gasteiger partial charge in [-0.25, -0.2) is 4.68 Å². The molecule has 1 aliphatic rings. The minimum atomic E-state index is -0.582. The van der Waals surface area contributed by atoms with E-state index in [1.165, 1.54) is 0 Å². The molecule has 0 radical (unpaired) electrons. The molecule has 1 atom stereocenters. The molecule has 9 heteroatoms. The van der Waals surface area contributed by atoms with E-state index in [0.717, 1.165) is 11.3 Å². The number of allylic oxidation sites excluding steroid dienone is 1. The van der Waals surface area contributed by atoms with Gasteiger partial charge in [-0.05, 0) is 62.4 Å². The second kappa shape index (κ2) is 9.91. The molecule has 2 N–H and O–H groups in total. The second-order valence-electron chi connectivity index (χ2n) is 8.14. The van der Waals surface area contributed by atoms with Crippen LogP contribution in [0.15, 0.2) is 84.2 Å². The summed E-state index contributed by atoms with van der Waals surface area (Å²) in [7, 11) is 1.57. The highest BCUT2D eigenvalue weighted by Crippen LogP contribution is 2.36. The molecule has 4 aromatic rings. The number of pyridine rings is 1. The summed E-state index contributed by atoms with van der Waals surface area (Å²) >= 11 is 0. The lowest BCUT2D eigenvalue weighted by atomic mass is 9.98. The molecule has 36 heavy (non-hydrogen) atoms. The van der Waals surface area contributed by atoms with E-state index >= 15 is 0 Å². The lowest BCUT2D eigenvalue weighted by Gasteiger charge is -2.28. The van der Waals surface area contributed by atoms with Crippen molar-refractivity contribution >= 4 is 17.5 Å². The zero-order valence-electron chi connectivity index (χ0n) is 20.2. The van der Waals surface area contributed by atoms with Crippen LogP contribution in [0.1, 0.15) is 25.6 Å². The third-order valence-corrected chi connectivity index (χ3v) is 5.84. The maximum Gasteiger partial charge on any atom is 0.256 e. The fourth-order valence-electron chi connectivity index (χ4n) is 4.18. The highest BCUT2D eigenvalue weighted by molar-refractivity contribution is 6.06. The Labute approximate surface area is 208 Å². The van der Waals surface area contributed by atoms with Crippen molar-refractivity contribution in [3.8, 4) is 22.9 Å². The standard InChI is InChI=1S/C27H26N6O3/c1-4-36-19-14-12-18(13-15-19)25-31-27-29-17(2)23(24(33(27)32-25)21-10-7-8-16-28-21)26(34)30-20-9-5-6-11-22(20)35-3/h5-16,24H,4H2,1-3H3,(H,30,34)(H,29,31,32). The minimum Gasteiger partial charge on any atom is -0.495 e. The molecule has 2 aromatic carbocycles. The number of fused-ring (bicyclic) bond motifs is 1. The van der Waals surface area contributed by atoms with E-state index < -0.39 is 6.04 Å². The van der Waals surface area contributed by atoms with Crippen LogP contribution in [0, 0.1) is 0 Å².